The Morgan fingerprint density at radius 3 is 2.67 bits per heavy atom. The van der Waals surface area contributed by atoms with Gasteiger partial charge in [-0.1, -0.05) is 12.1 Å². The highest BCUT2D eigenvalue weighted by molar-refractivity contribution is 5.88. The maximum atomic E-state index is 13.9. The molecular formula is C26H26F2N2O3. The quantitative estimate of drug-likeness (QED) is 0.314. The van der Waals surface area contributed by atoms with Gasteiger partial charge in [-0.2, -0.15) is 0 Å². The minimum atomic E-state index is -0.758. The lowest BCUT2D eigenvalue weighted by Crippen LogP contribution is -2.33. The van der Waals surface area contributed by atoms with E-state index in [1.807, 2.05) is 44.2 Å². The predicted octanol–water partition coefficient (Wildman–Crippen LogP) is 6.03. The first-order valence-electron chi connectivity index (χ1n) is 10.8. The maximum absolute atomic E-state index is 13.9. The third-order valence-corrected chi connectivity index (χ3v) is 5.69. The molecule has 1 unspecified atom stereocenters. The van der Waals surface area contributed by atoms with E-state index in [0.717, 1.165) is 41.5 Å². The second-order valence-electron chi connectivity index (χ2n) is 8.25. The first-order valence-corrected chi connectivity index (χ1v) is 10.8. The average molecular weight is 453 g/mol. The predicted molar refractivity (Wildman–Crippen MR) is 122 cm³/mol. The molecule has 4 aromatic rings. The summed E-state index contributed by atoms with van der Waals surface area (Å²) >= 11 is 0. The van der Waals surface area contributed by atoms with Crippen LogP contribution in [0.5, 0.6) is 11.5 Å². The monoisotopic (exact) mass is 452 g/mol. The Morgan fingerprint density at radius 1 is 1.06 bits per heavy atom. The SMILES string of the molecule is Cc1c(COc2ccc(F)cc2F)oc2cccc(OCCCC(C)(N)c3cccnc3)c12. The second kappa shape index (κ2) is 9.58. The van der Waals surface area contributed by atoms with Crippen molar-refractivity contribution in [1.82, 2.24) is 4.98 Å². The number of furan rings is 1. The van der Waals surface area contributed by atoms with Gasteiger partial charge in [0.15, 0.2) is 11.6 Å². The summed E-state index contributed by atoms with van der Waals surface area (Å²) in [5.74, 6) is -0.196. The highest BCUT2D eigenvalue weighted by Gasteiger charge is 2.21. The van der Waals surface area contributed by atoms with Gasteiger partial charge in [0.2, 0.25) is 0 Å². The van der Waals surface area contributed by atoms with Gasteiger partial charge in [0.25, 0.3) is 0 Å². The van der Waals surface area contributed by atoms with Crippen LogP contribution in [0, 0.1) is 18.6 Å². The van der Waals surface area contributed by atoms with Gasteiger partial charge in [0.1, 0.15) is 29.5 Å². The summed E-state index contributed by atoms with van der Waals surface area (Å²) in [6.45, 7) is 4.39. The fourth-order valence-electron chi connectivity index (χ4n) is 3.77. The molecule has 2 heterocycles. The van der Waals surface area contributed by atoms with Crippen LogP contribution in [0.15, 0.2) is 65.3 Å². The molecule has 4 rings (SSSR count). The molecule has 2 N–H and O–H groups in total. The number of nitrogens with two attached hydrogens (primary N) is 1. The summed E-state index contributed by atoms with van der Waals surface area (Å²) in [6.07, 6.45) is 5.01. The Hall–Kier alpha value is -3.45. The number of hydrogen-bond acceptors (Lipinski definition) is 5. The third kappa shape index (κ3) is 5.14. The standard InChI is InChI=1S/C26H26F2N2O3/c1-17-24(16-32-21-10-9-19(27)14-20(21)28)33-23-8-3-7-22(25(17)23)31-13-5-11-26(2,29)18-6-4-12-30-15-18/h3-4,6-10,12,14-15H,5,11,13,16,29H2,1-2H3. The van der Waals surface area contributed by atoms with Gasteiger partial charge in [0.05, 0.1) is 12.0 Å². The van der Waals surface area contributed by atoms with E-state index in [-0.39, 0.29) is 12.4 Å². The van der Waals surface area contributed by atoms with E-state index in [1.165, 1.54) is 6.07 Å². The smallest absolute Gasteiger partial charge is 0.167 e. The summed E-state index contributed by atoms with van der Waals surface area (Å²) in [4.78, 5) is 4.15. The molecule has 0 aliphatic rings. The number of ether oxygens (including phenoxy) is 2. The van der Waals surface area contributed by atoms with Crippen molar-refractivity contribution in [2.75, 3.05) is 6.61 Å². The zero-order valence-corrected chi connectivity index (χ0v) is 18.6. The van der Waals surface area contributed by atoms with Crippen molar-refractivity contribution in [3.8, 4) is 11.5 Å². The normalized spacial score (nSPS) is 13.1. The number of fused-ring (bicyclic) bond motifs is 1. The van der Waals surface area contributed by atoms with Gasteiger partial charge in [-0.05, 0) is 62.6 Å². The molecule has 0 aliphatic carbocycles. The third-order valence-electron chi connectivity index (χ3n) is 5.69. The van der Waals surface area contributed by atoms with Gasteiger partial charge in [0, 0.05) is 29.6 Å². The van der Waals surface area contributed by atoms with Crippen molar-refractivity contribution in [3.63, 3.8) is 0 Å². The molecule has 5 nitrogen and oxygen atoms in total. The van der Waals surface area contributed by atoms with Crippen LogP contribution >= 0.6 is 0 Å². The molecule has 1 atom stereocenters. The van der Waals surface area contributed by atoms with Crippen LogP contribution in [0.1, 0.15) is 36.7 Å². The summed E-state index contributed by atoms with van der Waals surface area (Å²) in [6, 6.07) is 12.6. The molecule has 0 aliphatic heterocycles. The van der Waals surface area contributed by atoms with Gasteiger partial charge < -0.3 is 19.6 Å². The number of benzene rings is 2. The number of rotatable bonds is 9. The van der Waals surface area contributed by atoms with Crippen molar-refractivity contribution >= 4 is 11.0 Å². The zero-order valence-electron chi connectivity index (χ0n) is 18.6. The molecule has 172 valence electrons. The molecule has 0 radical (unpaired) electrons. The number of pyridine rings is 1. The van der Waals surface area contributed by atoms with Crippen molar-refractivity contribution < 1.29 is 22.7 Å². The molecule has 0 bridgehead atoms. The minimum absolute atomic E-state index is 0.0130. The van der Waals surface area contributed by atoms with E-state index in [1.54, 1.807) is 12.4 Å². The summed E-state index contributed by atoms with van der Waals surface area (Å²) in [7, 11) is 0. The first-order chi connectivity index (χ1) is 15.8. The van der Waals surface area contributed by atoms with Gasteiger partial charge in [-0.25, -0.2) is 8.78 Å². The first kappa shape index (κ1) is 22.7. The van der Waals surface area contributed by atoms with Crippen LogP contribution in [0.25, 0.3) is 11.0 Å². The van der Waals surface area contributed by atoms with Crippen molar-refractivity contribution in [1.29, 1.82) is 0 Å². The minimum Gasteiger partial charge on any atom is -0.493 e. The van der Waals surface area contributed by atoms with Crippen LogP contribution in [0.4, 0.5) is 8.78 Å². The molecule has 0 saturated carbocycles. The molecule has 2 aromatic heterocycles. The second-order valence-corrected chi connectivity index (χ2v) is 8.25. The van der Waals surface area contributed by atoms with Crippen LogP contribution in [-0.4, -0.2) is 11.6 Å². The summed E-state index contributed by atoms with van der Waals surface area (Å²) in [5, 5.41) is 0.846. The topological polar surface area (TPSA) is 70.5 Å². The molecule has 0 saturated heterocycles. The molecule has 0 fully saturated rings. The van der Waals surface area contributed by atoms with E-state index in [0.29, 0.717) is 23.7 Å². The van der Waals surface area contributed by atoms with E-state index in [4.69, 9.17) is 19.6 Å². The summed E-state index contributed by atoms with van der Waals surface area (Å²) < 4.78 is 44.5. The van der Waals surface area contributed by atoms with Gasteiger partial charge in [-0.15, -0.1) is 0 Å². The lowest BCUT2D eigenvalue weighted by molar-refractivity contribution is 0.260. The Morgan fingerprint density at radius 2 is 1.91 bits per heavy atom. The average Bonchev–Trinajstić information content (AvgIpc) is 3.13. The maximum Gasteiger partial charge on any atom is 0.167 e. The number of halogens is 2. The van der Waals surface area contributed by atoms with Gasteiger partial charge in [-0.3, -0.25) is 4.98 Å². The number of nitrogens with zero attached hydrogens (tertiary/aromatic N) is 1. The van der Waals surface area contributed by atoms with Crippen LogP contribution in [-0.2, 0) is 12.1 Å². The summed E-state index contributed by atoms with van der Waals surface area (Å²) in [5.41, 5.74) is 8.46. The lowest BCUT2D eigenvalue weighted by Gasteiger charge is -2.24. The largest absolute Gasteiger partial charge is 0.493 e. The fourth-order valence-corrected chi connectivity index (χ4v) is 3.77. The Balaban J connectivity index is 1.42. The van der Waals surface area contributed by atoms with Gasteiger partial charge >= 0.3 is 0 Å². The Kier molecular flexibility index (Phi) is 6.60. The zero-order chi connectivity index (χ0) is 23.4. The fraction of sp³-hybridized carbons (Fsp3) is 0.269. The van der Waals surface area contributed by atoms with Crippen molar-refractivity contribution in [3.05, 3.63) is 89.4 Å². The van der Waals surface area contributed by atoms with Crippen LogP contribution in [0.2, 0.25) is 0 Å². The lowest BCUT2D eigenvalue weighted by atomic mass is 9.90. The molecule has 2 aromatic carbocycles. The highest BCUT2D eigenvalue weighted by atomic mass is 19.1. The van der Waals surface area contributed by atoms with E-state index < -0.39 is 17.2 Å². The number of aromatic nitrogens is 1. The number of hydrogen-bond donors (Lipinski definition) is 1. The highest BCUT2D eigenvalue weighted by Crippen LogP contribution is 2.34. The van der Waals surface area contributed by atoms with E-state index in [2.05, 4.69) is 4.98 Å². The molecule has 0 amide bonds. The van der Waals surface area contributed by atoms with Crippen LogP contribution < -0.4 is 15.2 Å². The van der Waals surface area contributed by atoms with E-state index in [9.17, 15) is 8.78 Å². The molecule has 7 heteroatoms. The molecule has 33 heavy (non-hydrogen) atoms. The number of aryl methyl sites for hydroxylation is 1. The Labute approximate surface area is 191 Å². The molecular weight excluding hydrogens is 426 g/mol. The Bertz CT molecular complexity index is 1240. The van der Waals surface area contributed by atoms with Crippen molar-refractivity contribution in [2.24, 2.45) is 5.73 Å². The van der Waals surface area contributed by atoms with Crippen molar-refractivity contribution in [2.45, 2.75) is 38.8 Å². The van der Waals surface area contributed by atoms with E-state index >= 15 is 0 Å². The molecule has 0 spiro atoms. The van der Waals surface area contributed by atoms with Crippen LogP contribution in [0.3, 0.4) is 0 Å².